The summed E-state index contributed by atoms with van der Waals surface area (Å²) in [7, 11) is 0. The number of ketones is 1. The van der Waals surface area contributed by atoms with Gasteiger partial charge in [-0.15, -0.1) is 0 Å². The summed E-state index contributed by atoms with van der Waals surface area (Å²) in [4.78, 5) is 33.7. The SMILES string of the molecule is CCOC(=O)CC(=O)COc1ccccc1NC(C)=O. The van der Waals surface area contributed by atoms with Gasteiger partial charge in [-0.2, -0.15) is 0 Å². The Balaban J connectivity index is 2.55. The number of ether oxygens (including phenoxy) is 2. The number of nitrogens with one attached hydrogen (secondary N) is 1. The van der Waals surface area contributed by atoms with Crippen LogP contribution in [0.25, 0.3) is 0 Å². The van der Waals surface area contributed by atoms with Crippen LogP contribution < -0.4 is 10.1 Å². The van der Waals surface area contributed by atoms with Crippen LogP contribution in [-0.2, 0) is 19.1 Å². The minimum atomic E-state index is -0.573. The van der Waals surface area contributed by atoms with Crippen LogP contribution in [0.2, 0.25) is 0 Å². The molecule has 6 nitrogen and oxygen atoms in total. The molecule has 0 aliphatic carbocycles. The number of Topliss-reactive ketones (excluding diaryl/α,β-unsaturated/α-hetero) is 1. The summed E-state index contributed by atoms with van der Waals surface area (Å²) in [5, 5.41) is 2.59. The minimum Gasteiger partial charge on any atom is -0.484 e. The van der Waals surface area contributed by atoms with Crippen molar-refractivity contribution in [3.05, 3.63) is 24.3 Å². The fraction of sp³-hybridized carbons (Fsp3) is 0.357. The molecule has 20 heavy (non-hydrogen) atoms. The summed E-state index contributed by atoms with van der Waals surface area (Å²) in [5.41, 5.74) is 0.476. The molecule has 1 aromatic rings. The third-order valence-electron chi connectivity index (χ3n) is 2.23. The molecule has 1 aromatic carbocycles. The predicted molar refractivity (Wildman–Crippen MR) is 72.5 cm³/mol. The van der Waals surface area contributed by atoms with Gasteiger partial charge in [-0.25, -0.2) is 0 Å². The van der Waals surface area contributed by atoms with Crippen molar-refractivity contribution in [1.82, 2.24) is 0 Å². The van der Waals surface area contributed by atoms with Crippen molar-refractivity contribution in [2.75, 3.05) is 18.5 Å². The van der Waals surface area contributed by atoms with Gasteiger partial charge in [-0.1, -0.05) is 12.1 Å². The first-order chi connectivity index (χ1) is 9.52. The third kappa shape index (κ3) is 5.51. The lowest BCUT2D eigenvalue weighted by Gasteiger charge is -2.10. The number of rotatable bonds is 7. The second kappa shape index (κ2) is 7.93. The number of esters is 1. The van der Waals surface area contributed by atoms with Crippen LogP contribution in [0, 0.1) is 0 Å². The molecule has 0 radical (unpaired) electrons. The summed E-state index contributed by atoms with van der Waals surface area (Å²) in [6.07, 6.45) is -0.323. The van der Waals surface area contributed by atoms with E-state index in [1.54, 1.807) is 31.2 Å². The fourth-order valence-corrected chi connectivity index (χ4v) is 1.47. The van der Waals surface area contributed by atoms with Crippen molar-refractivity contribution in [3.63, 3.8) is 0 Å². The number of amides is 1. The second-order valence-electron chi connectivity index (χ2n) is 3.99. The molecule has 0 saturated carbocycles. The molecule has 0 unspecified atom stereocenters. The van der Waals surface area contributed by atoms with Gasteiger partial charge in [0.1, 0.15) is 18.8 Å². The van der Waals surface area contributed by atoms with Gasteiger partial charge in [0.15, 0.2) is 5.78 Å². The van der Waals surface area contributed by atoms with Crippen LogP contribution in [0.15, 0.2) is 24.3 Å². The zero-order valence-corrected chi connectivity index (χ0v) is 11.5. The molecule has 0 atom stereocenters. The molecule has 1 rings (SSSR count). The Hall–Kier alpha value is -2.37. The van der Waals surface area contributed by atoms with Gasteiger partial charge in [0.05, 0.1) is 12.3 Å². The van der Waals surface area contributed by atoms with Crippen LogP contribution >= 0.6 is 0 Å². The lowest BCUT2D eigenvalue weighted by Crippen LogP contribution is -2.18. The zero-order chi connectivity index (χ0) is 15.0. The van der Waals surface area contributed by atoms with E-state index in [2.05, 4.69) is 10.1 Å². The topological polar surface area (TPSA) is 81.7 Å². The van der Waals surface area contributed by atoms with Crippen LogP contribution in [0.3, 0.4) is 0 Å². The number of carbonyl (C=O) groups is 3. The molecule has 0 spiro atoms. The number of hydrogen-bond acceptors (Lipinski definition) is 5. The molecule has 0 aliphatic rings. The Labute approximate surface area is 117 Å². The molecule has 0 bridgehead atoms. The van der Waals surface area contributed by atoms with Crippen molar-refractivity contribution in [2.45, 2.75) is 20.3 Å². The Morgan fingerprint density at radius 3 is 2.55 bits per heavy atom. The van der Waals surface area contributed by atoms with Gasteiger partial charge in [0.25, 0.3) is 0 Å². The van der Waals surface area contributed by atoms with Crippen molar-refractivity contribution in [3.8, 4) is 5.75 Å². The van der Waals surface area contributed by atoms with Crippen LogP contribution in [0.4, 0.5) is 5.69 Å². The maximum absolute atomic E-state index is 11.5. The minimum absolute atomic E-state index is 0.234. The number of benzene rings is 1. The number of carbonyl (C=O) groups excluding carboxylic acids is 3. The number of hydrogen-bond donors (Lipinski definition) is 1. The number of anilines is 1. The Bertz CT molecular complexity index is 498. The lowest BCUT2D eigenvalue weighted by atomic mass is 10.2. The highest BCUT2D eigenvalue weighted by Crippen LogP contribution is 2.23. The predicted octanol–water partition coefficient (Wildman–Crippen LogP) is 1.55. The summed E-state index contributed by atoms with van der Waals surface area (Å²) in [6, 6.07) is 6.74. The van der Waals surface area contributed by atoms with E-state index in [-0.39, 0.29) is 31.3 Å². The highest BCUT2D eigenvalue weighted by Gasteiger charge is 2.12. The van der Waals surface area contributed by atoms with E-state index in [4.69, 9.17) is 4.74 Å². The molecule has 0 aromatic heterocycles. The fourth-order valence-electron chi connectivity index (χ4n) is 1.47. The summed E-state index contributed by atoms with van der Waals surface area (Å²) < 4.78 is 9.98. The summed E-state index contributed by atoms with van der Waals surface area (Å²) >= 11 is 0. The van der Waals surface area contributed by atoms with E-state index < -0.39 is 5.97 Å². The molecule has 6 heteroatoms. The third-order valence-corrected chi connectivity index (χ3v) is 2.23. The van der Waals surface area contributed by atoms with Crippen molar-refractivity contribution in [1.29, 1.82) is 0 Å². The van der Waals surface area contributed by atoms with Crippen LogP contribution in [-0.4, -0.2) is 30.9 Å². The molecule has 0 saturated heterocycles. The molecule has 1 N–H and O–H groups in total. The van der Waals surface area contributed by atoms with E-state index in [1.165, 1.54) is 6.92 Å². The van der Waals surface area contributed by atoms with E-state index in [9.17, 15) is 14.4 Å². The average Bonchev–Trinajstić information content (AvgIpc) is 2.37. The molecule has 0 heterocycles. The van der Waals surface area contributed by atoms with Gasteiger partial charge >= 0.3 is 5.97 Å². The van der Waals surface area contributed by atoms with Gasteiger partial charge in [0, 0.05) is 6.92 Å². The van der Waals surface area contributed by atoms with Crippen LogP contribution in [0.1, 0.15) is 20.3 Å². The van der Waals surface area contributed by atoms with Gasteiger partial charge in [-0.3, -0.25) is 14.4 Å². The standard InChI is InChI=1S/C14H17NO5/c1-3-19-14(18)8-11(17)9-20-13-7-5-4-6-12(13)15-10(2)16/h4-7H,3,8-9H2,1-2H3,(H,15,16). The zero-order valence-electron chi connectivity index (χ0n) is 11.5. The van der Waals surface area contributed by atoms with E-state index in [0.717, 1.165) is 0 Å². The molecular weight excluding hydrogens is 262 g/mol. The van der Waals surface area contributed by atoms with E-state index in [1.807, 2.05) is 0 Å². The summed E-state index contributed by atoms with van der Waals surface area (Å²) in [5.74, 6) is -0.823. The van der Waals surface area contributed by atoms with Crippen molar-refractivity contribution >= 4 is 23.3 Å². The quantitative estimate of drug-likeness (QED) is 0.605. The average molecular weight is 279 g/mol. The van der Waals surface area contributed by atoms with Crippen molar-refractivity contribution < 1.29 is 23.9 Å². The lowest BCUT2D eigenvalue weighted by molar-refractivity contribution is -0.145. The van der Waals surface area contributed by atoms with Gasteiger partial charge < -0.3 is 14.8 Å². The second-order valence-corrected chi connectivity index (χ2v) is 3.99. The highest BCUT2D eigenvalue weighted by atomic mass is 16.5. The normalized spacial score (nSPS) is 9.70. The smallest absolute Gasteiger partial charge is 0.313 e. The molecule has 0 fully saturated rings. The monoisotopic (exact) mass is 279 g/mol. The van der Waals surface area contributed by atoms with E-state index in [0.29, 0.717) is 11.4 Å². The first kappa shape index (κ1) is 15.7. The summed E-state index contributed by atoms with van der Waals surface area (Å²) in [6.45, 7) is 3.03. The first-order valence-electron chi connectivity index (χ1n) is 6.19. The Morgan fingerprint density at radius 1 is 1.20 bits per heavy atom. The first-order valence-corrected chi connectivity index (χ1v) is 6.19. The Morgan fingerprint density at radius 2 is 1.90 bits per heavy atom. The van der Waals surface area contributed by atoms with Gasteiger partial charge in [0.2, 0.25) is 5.91 Å². The Kier molecular flexibility index (Phi) is 6.22. The largest absolute Gasteiger partial charge is 0.484 e. The molecule has 108 valence electrons. The molecule has 0 aliphatic heterocycles. The highest BCUT2D eigenvalue weighted by molar-refractivity contribution is 5.96. The number of para-hydroxylation sites is 2. The molecule has 1 amide bonds. The maximum Gasteiger partial charge on any atom is 0.313 e. The van der Waals surface area contributed by atoms with E-state index >= 15 is 0 Å². The molecular formula is C14H17NO5. The maximum atomic E-state index is 11.5. The van der Waals surface area contributed by atoms with Gasteiger partial charge in [-0.05, 0) is 19.1 Å². The van der Waals surface area contributed by atoms with Crippen LogP contribution in [0.5, 0.6) is 5.75 Å². The van der Waals surface area contributed by atoms with Crippen molar-refractivity contribution in [2.24, 2.45) is 0 Å².